The minimum absolute atomic E-state index is 0.553. The first-order valence-corrected chi connectivity index (χ1v) is 5.02. The van der Waals surface area contributed by atoms with E-state index in [2.05, 4.69) is 0 Å². The van der Waals surface area contributed by atoms with Crippen molar-refractivity contribution >= 4 is 16.8 Å². The number of hydrogen-bond acceptors (Lipinski definition) is 2. The van der Waals surface area contributed by atoms with Crippen LogP contribution in [-0.4, -0.2) is 20.5 Å². The van der Waals surface area contributed by atoms with E-state index < -0.39 is 22.0 Å². The van der Waals surface area contributed by atoms with Crippen molar-refractivity contribution in [3.8, 4) is 0 Å². The van der Waals surface area contributed by atoms with E-state index in [4.69, 9.17) is 5.11 Å². The second kappa shape index (κ2) is 4.18. The smallest absolute Gasteiger partial charge is 0.319 e. The van der Waals surface area contributed by atoms with Crippen LogP contribution < -0.4 is 0 Å². The van der Waals surface area contributed by atoms with Gasteiger partial charge in [0.15, 0.2) is 0 Å². The van der Waals surface area contributed by atoms with E-state index in [-0.39, 0.29) is 0 Å². The summed E-state index contributed by atoms with van der Waals surface area (Å²) in [6.07, 6.45) is 0. The molecule has 0 aromatic heterocycles. The van der Waals surface area contributed by atoms with Gasteiger partial charge in [-0.1, -0.05) is 18.2 Å². The lowest BCUT2D eigenvalue weighted by atomic mass is 10.4. The zero-order chi connectivity index (χ0) is 9.84. The van der Waals surface area contributed by atoms with Gasteiger partial charge in [-0.2, -0.15) is 0 Å². The maximum Gasteiger partial charge on any atom is 0.319 e. The SMILES string of the molecule is C[C@@H](C(=O)O)S(=O)c1ccccc1. The topological polar surface area (TPSA) is 54.4 Å². The Balaban J connectivity index is 2.86. The highest BCUT2D eigenvalue weighted by Gasteiger charge is 2.19. The van der Waals surface area contributed by atoms with Gasteiger partial charge in [0.1, 0.15) is 5.25 Å². The van der Waals surface area contributed by atoms with Gasteiger partial charge in [0, 0.05) is 4.90 Å². The Bertz CT molecular complexity index is 321. The van der Waals surface area contributed by atoms with Gasteiger partial charge >= 0.3 is 5.97 Å². The van der Waals surface area contributed by atoms with Gasteiger partial charge in [-0.3, -0.25) is 9.00 Å². The van der Waals surface area contributed by atoms with Crippen LogP contribution in [0.15, 0.2) is 35.2 Å². The Kier molecular flexibility index (Phi) is 3.19. The number of carbonyl (C=O) groups is 1. The fraction of sp³-hybridized carbons (Fsp3) is 0.222. The lowest BCUT2D eigenvalue weighted by molar-refractivity contribution is -0.136. The number of benzene rings is 1. The van der Waals surface area contributed by atoms with Gasteiger partial charge < -0.3 is 5.11 Å². The zero-order valence-electron chi connectivity index (χ0n) is 7.14. The van der Waals surface area contributed by atoms with Crippen molar-refractivity contribution in [2.75, 3.05) is 0 Å². The van der Waals surface area contributed by atoms with Crippen molar-refractivity contribution in [2.24, 2.45) is 0 Å². The van der Waals surface area contributed by atoms with Crippen LogP contribution in [0.2, 0.25) is 0 Å². The van der Waals surface area contributed by atoms with Crippen LogP contribution in [0.5, 0.6) is 0 Å². The van der Waals surface area contributed by atoms with Crippen molar-refractivity contribution in [3.05, 3.63) is 30.3 Å². The molecule has 0 saturated carbocycles. The highest BCUT2D eigenvalue weighted by atomic mass is 32.2. The number of carboxylic acid groups (broad SMARTS) is 1. The maximum absolute atomic E-state index is 11.5. The number of rotatable bonds is 3. The average Bonchev–Trinajstić information content (AvgIpc) is 2.17. The molecule has 0 saturated heterocycles. The summed E-state index contributed by atoms with van der Waals surface area (Å²) in [5.74, 6) is -1.04. The molecule has 0 fully saturated rings. The van der Waals surface area contributed by atoms with E-state index in [1.54, 1.807) is 30.3 Å². The molecule has 1 aromatic carbocycles. The van der Waals surface area contributed by atoms with E-state index >= 15 is 0 Å². The van der Waals surface area contributed by atoms with Crippen LogP contribution in [0.1, 0.15) is 6.92 Å². The molecule has 1 unspecified atom stereocenters. The van der Waals surface area contributed by atoms with Gasteiger partial charge in [-0.15, -0.1) is 0 Å². The highest BCUT2D eigenvalue weighted by molar-refractivity contribution is 7.86. The van der Waals surface area contributed by atoms with Gasteiger partial charge in [-0.25, -0.2) is 0 Å². The minimum Gasteiger partial charge on any atom is -0.480 e. The molecule has 70 valence electrons. The number of hydrogen-bond donors (Lipinski definition) is 1. The molecular weight excluding hydrogens is 188 g/mol. The van der Waals surface area contributed by atoms with Crippen LogP contribution in [-0.2, 0) is 15.6 Å². The molecule has 1 aromatic rings. The van der Waals surface area contributed by atoms with Gasteiger partial charge in [0.2, 0.25) is 0 Å². The van der Waals surface area contributed by atoms with E-state index in [0.29, 0.717) is 4.90 Å². The molecule has 0 bridgehead atoms. The maximum atomic E-state index is 11.5. The van der Waals surface area contributed by atoms with Crippen LogP contribution in [0.4, 0.5) is 0 Å². The summed E-state index contributed by atoms with van der Waals surface area (Å²) < 4.78 is 11.5. The molecule has 1 rings (SSSR count). The molecule has 0 heterocycles. The molecule has 0 aliphatic carbocycles. The number of carboxylic acids is 1. The molecule has 4 heteroatoms. The molecule has 3 nitrogen and oxygen atoms in total. The minimum atomic E-state index is -1.46. The van der Waals surface area contributed by atoms with Crippen molar-refractivity contribution in [1.82, 2.24) is 0 Å². The molecule has 0 spiro atoms. The standard InChI is InChI=1S/C9H10O3S/c1-7(9(10)11)13(12)8-5-3-2-4-6-8/h2-7H,1H3,(H,10,11)/t7-,13?/m0/s1. The summed E-state index contributed by atoms with van der Waals surface area (Å²) in [6, 6.07) is 8.60. The summed E-state index contributed by atoms with van der Waals surface area (Å²) >= 11 is 0. The fourth-order valence-corrected chi connectivity index (χ4v) is 1.87. The molecule has 13 heavy (non-hydrogen) atoms. The van der Waals surface area contributed by atoms with Crippen molar-refractivity contribution in [2.45, 2.75) is 17.1 Å². The Morgan fingerprint density at radius 1 is 1.38 bits per heavy atom. The Hall–Kier alpha value is -1.16. The summed E-state index contributed by atoms with van der Waals surface area (Å²) in [5.41, 5.74) is 0. The van der Waals surface area contributed by atoms with Crippen molar-refractivity contribution in [1.29, 1.82) is 0 Å². The van der Waals surface area contributed by atoms with Crippen LogP contribution >= 0.6 is 0 Å². The second-order valence-corrected chi connectivity index (χ2v) is 4.36. The molecule has 1 N–H and O–H groups in total. The molecule has 2 atom stereocenters. The highest BCUT2D eigenvalue weighted by Crippen LogP contribution is 2.10. The first-order valence-electron chi connectivity index (χ1n) is 3.81. The predicted molar refractivity (Wildman–Crippen MR) is 49.9 cm³/mol. The quantitative estimate of drug-likeness (QED) is 0.795. The van der Waals surface area contributed by atoms with Gasteiger partial charge in [-0.05, 0) is 19.1 Å². The summed E-state index contributed by atoms with van der Waals surface area (Å²) in [5, 5.41) is 7.76. The van der Waals surface area contributed by atoms with E-state index in [9.17, 15) is 9.00 Å². The van der Waals surface area contributed by atoms with E-state index in [1.807, 2.05) is 0 Å². The molecule has 0 aliphatic rings. The summed E-state index contributed by atoms with van der Waals surface area (Å²) in [6.45, 7) is 1.44. The third-order valence-corrected chi connectivity index (χ3v) is 3.23. The Morgan fingerprint density at radius 3 is 2.38 bits per heavy atom. The summed E-state index contributed by atoms with van der Waals surface area (Å²) in [7, 11) is -1.46. The van der Waals surface area contributed by atoms with Crippen molar-refractivity contribution < 1.29 is 14.1 Å². The van der Waals surface area contributed by atoms with Crippen molar-refractivity contribution in [3.63, 3.8) is 0 Å². The van der Waals surface area contributed by atoms with Gasteiger partial charge in [0.25, 0.3) is 0 Å². The number of aliphatic carboxylic acids is 1. The second-order valence-electron chi connectivity index (χ2n) is 2.59. The van der Waals surface area contributed by atoms with Crippen LogP contribution in [0.3, 0.4) is 0 Å². The van der Waals surface area contributed by atoms with E-state index in [1.165, 1.54) is 6.92 Å². The zero-order valence-corrected chi connectivity index (χ0v) is 7.95. The third-order valence-electron chi connectivity index (χ3n) is 1.64. The Labute approximate surface area is 78.9 Å². The average molecular weight is 198 g/mol. The molecule has 0 aliphatic heterocycles. The van der Waals surface area contributed by atoms with E-state index in [0.717, 1.165) is 0 Å². The lowest BCUT2D eigenvalue weighted by Crippen LogP contribution is -2.21. The first kappa shape index (κ1) is 9.92. The largest absolute Gasteiger partial charge is 0.480 e. The van der Waals surface area contributed by atoms with Crippen LogP contribution in [0, 0.1) is 0 Å². The summed E-state index contributed by atoms with van der Waals surface area (Å²) in [4.78, 5) is 11.1. The molecule has 0 amide bonds. The fourth-order valence-electron chi connectivity index (χ4n) is 0.850. The first-order chi connectivity index (χ1) is 6.13. The van der Waals surface area contributed by atoms with Crippen LogP contribution in [0.25, 0.3) is 0 Å². The monoisotopic (exact) mass is 198 g/mol. The predicted octanol–water partition coefficient (Wildman–Crippen LogP) is 1.27. The molecular formula is C9H10O3S. The Morgan fingerprint density at radius 2 is 1.92 bits per heavy atom. The molecule has 0 radical (unpaired) electrons. The lowest BCUT2D eigenvalue weighted by Gasteiger charge is -2.05. The normalized spacial score (nSPS) is 14.8. The third kappa shape index (κ3) is 2.39. The van der Waals surface area contributed by atoms with Gasteiger partial charge in [0.05, 0.1) is 10.8 Å².